The van der Waals surface area contributed by atoms with Crippen LogP contribution in [-0.4, -0.2) is 27.9 Å². The van der Waals surface area contributed by atoms with E-state index in [0.29, 0.717) is 12.4 Å². The highest BCUT2D eigenvalue weighted by atomic mass is 28.4. The number of alkyl halides is 3. The summed E-state index contributed by atoms with van der Waals surface area (Å²) in [6.07, 6.45) is -4.70. The lowest BCUT2D eigenvalue weighted by molar-refractivity contribution is -0.274. The summed E-state index contributed by atoms with van der Waals surface area (Å²) >= 11 is 0. The summed E-state index contributed by atoms with van der Waals surface area (Å²) in [6.45, 7) is 15.3. The van der Waals surface area contributed by atoms with Crippen LogP contribution in [0, 0.1) is 0 Å². The van der Waals surface area contributed by atoms with Crippen molar-refractivity contribution in [2.24, 2.45) is 0 Å². The van der Waals surface area contributed by atoms with E-state index >= 15 is 0 Å². The van der Waals surface area contributed by atoms with Crippen molar-refractivity contribution < 1.29 is 27.1 Å². The molecular formula is C17H25F3O3Si. The van der Waals surface area contributed by atoms with Gasteiger partial charge in [0.05, 0.1) is 6.61 Å². The highest BCUT2D eigenvalue weighted by Gasteiger charge is 2.37. The maximum absolute atomic E-state index is 12.1. The average molecular weight is 362 g/mol. The standard InChI is InChI=1S/C17H25F3O3Si/c1-13(12-22-24(5,6)16(2,3)4)11-21-14-7-9-15(10-8-14)23-17(18,19)20/h7-10H,1,11-12H2,2-6H3. The second-order valence-corrected chi connectivity index (χ2v) is 11.9. The maximum atomic E-state index is 12.1. The minimum Gasteiger partial charge on any atom is -0.489 e. The molecule has 0 aliphatic rings. The Balaban J connectivity index is 2.45. The van der Waals surface area contributed by atoms with E-state index in [-0.39, 0.29) is 17.4 Å². The van der Waals surface area contributed by atoms with Crippen molar-refractivity contribution in [1.29, 1.82) is 0 Å². The van der Waals surface area contributed by atoms with Crippen LogP contribution in [0.1, 0.15) is 20.8 Å². The number of ether oxygens (including phenoxy) is 2. The van der Waals surface area contributed by atoms with E-state index in [1.54, 1.807) is 0 Å². The third-order valence-corrected chi connectivity index (χ3v) is 8.42. The summed E-state index contributed by atoms with van der Waals surface area (Å²) < 4.78 is 51.6. The molecule has 0 fully saturated rings. The van der Waals surface area contributed by atoms with Gasteiger partial charge < -0.3 is 13.9 Å². The Bertz CT molecular complexity index is 546. The van der Waals surface area contributed by atoms with Crippen molar-refractivity contribution in [3.05, 3.63) is 36.4 Å². The van der Waals surface area contributed by atoms with Gasteiger partial charge in [-0.2, -0.15) is 0 Å². The molecule has 0 saturated heterocycles. The van der Waals surface area contributed by atoms with Gasteiger partial charge in [-0.3, -0.25) is 0 Å². The Morgan fingerprint density at radius 3 is 1.96 bits per heavy atom. The quantitative estimate of drug-likeness (QED) is 0.471. The summed E-state index contributed by atoms with van der Waals surface area (Å²) in [5.74, 6) is 0.160. The van der Waals surface area contributed by atoms with Crippen molar-refractivity contribution >= 4 is 8.32 Å². The van der Waals surface area contributed by atoms with Gasteiger partial charge in [0, 0.05) is 0 Å². The van der Waals surface area contributed by atoms with Gasteiger partial charge in [-0.05, 0) is 48.0 Å². The van der Waals surface area contributed by atoms with E-state index in [0.717, 1.165) is 5.57 Å². The first kappa shape index (κ1) is 20.6. The normalized spacial score (nSPS) is 12.8. The topological polar surface area (TPSA) is 27.7 Å². The van der Waals surface area contributed by atoms with Crippen molar-refractivity contribution in [3.8, 4) is 11.5 Å². The summed E-state index contributed by atoms with van der Waals surface area (Å²) in [5, 5.41) is 0.114. The number of halogens is 3. The molecule has 0 spiro atoms. The molecule has 0 bridgehead atoms. The molecule has 0 N–H and O–H groups in total. The third-order valence-electron chi connectivity index (χ3n) is 3.94. The zero-order chi connectivity index (χ0) is 18.6. The van der Waals surface area contributed by atoms with Gasteiger partial charge in [-0.25, -0.2) is 0 Å². The van der Waals surface area contributed by atoms with E-state index in [9.17, 15) is 13.2 Å². The van der Waals surface area contributed by atoms with Crippen LogP contribution in [0.3, 0.4) is 0 Å². The molecule has 0 atom stereocenters. The van der Waals surface area contributed by atoms with E-state index < -0.39 is 14.7 Å². The fourth-order valence-electron chi connectivity index (χ4n) is 1.46. The van der Waals surface area contributed by atoms with Gasteiger partial charge in [0.15, 0.2) is 8.32 Å². The van der Waals surface area contributed by atoms with Crippen molar-refractivity contribution in [3.63, 3.8) is 0 Å². The Labute approximate surface area is 142 Å². The summed E-state index contributed by atoms with van der Waals surface area (Å²) in [5.41, 5.74) is 0.774. The lowest BCUT2D eigenvalue weighted by Gasteiger charge is -2.36. The fourth-order valence-corrected chi connectivity index (χ4v) is 2.46. The van der Waals surface area contributed by atoms with E-state index in [4.69, 9.17) is 9.16 Å². The Morgan fingerprint density at radius 1 is 1.00 bits per heavy atom. The molecule has 0 aliphatic heterocycles. The molecule has 0 radical (unpaired) electrons. The van der Waals surface area contributed by atoms with Crippen LogP contribution in [0.5, 0.6) is 11.5 Å². The lowest BCUT2D eigenvalue weighted by Crippen LogP contribution is -2.41. The van der Waals surface area contributed by atoms with Gasteiger partial charge in [0.2, 0.25) is 0 Å². The summed E-state index contributed by atoms with van der Waals surface area (Å²) in [7, 11) is -1.85. The first-order chi connectivity index (χ1) is 10.8. The number of hydrogen-bond donors (Lipinski definition) is 0. The largest absolute Gasteiger partial charge is 0.573 e. The van der Waals surface area contributed by atoms with E-state index in [2.05, 4.69) is 45.2 Å². The Hall–Kier alpha value is -1.47. The average Bonchev–Trinajstić information content (AvgIpc) is 2.41. The molecule has 0 heterocycles. The molecule has 7 heteroatoms. The Morgan fingerprint density at radius 2 is 1.50 bits per heavy atom. The third kappa shape index (κ3) is 6.96. The smallest absolute Gasteiger partial charge is 0.489 e. The molecule has 24 heavy (non-hydrogen) atoms. The Kier molecular flexibility index (Phi) is 6.52. The molecule has 1 rings (SSSR count). The van der Waals surface area contributed by atoms with Crippen molar-refractivity contribution in [2.75, 3.05) is 13.2 Å². The van der Waals surface area contributed by atoms with Gasteiger partial charge >= 0.3 is 6.36 Å². The first-order valence-electron chi connectivity index (χ1n) is 7.59. The molecular weight excluding hydrogens is 337 g/mol. The van der Waals surface area contributed by atoms with Gasteiger partial charge in [0.1, 0.15) is 18.1 Å². The molecule has 0 aromatic heterocycles. The minimum atomic E-state index is -4.70. The lowest BCUT2D eigenvalue weighted by atomic mass is 10.2. The van der Waals surface area contributed by atoms with Crippen LogP contribution in [0.15, 0.2) is 36.4 Å². The van der Waals surface area contributed by atoms with Crippen LogP contribution in [0.4, 0.5) is 13.2 Å². The first-order valence-corrected chi connectivity index (χ1v) is 10.5. The number of benzene rings is 1. The SMILES string of the molecule is C=C(COc1ccc(OC(F)(F)F)cc1)CO[Si](C)(C)C(C)(C)C. The van der Waals surface area contributed by atoms with Crippen LogP contribution >= 0.6 is 0 Å². The van der Waals surface area contributed by atoms with Gasteiger partial charge in [0.25, 0.3) is 0 Å². The predicted molar refractivity (Wildman–Crippen MR) is 90.9 cm³/mol. The van der Waals surface area contributed by atoms with Crippen LogP contribution in [-0.2, 0) is 4.43 Å². The zero-order valence-electron chi connectivity index (χ0n) is 14.8. The molecule has 0 saturated carbocycles. The molecule has 0 amide bonds. The molecule has 0 unspecified atom stereocenters. The zero-order valence-corrected chi connectivity index (χ0v) is 15.8. The molecule has 0 aliphatic carbocycles. The van der Waals surface area contributed by atoms with Crippen LogP contribution in [0.25, 0.3) is 0 Å². The highest BCUT2D eigenvalue weighted by molar-refractivity contribution is 6.74. The molecule has 1 aromatic rings. The second-order valence-electron chi connectivity index (χ2n) is 7.11. The number of rotatable bonds is 7. The fraction of sp³-hybridized carbons (Fsp3) is 0.529. The summed E-state index contributed by atoms with van der Waals surface area (Å²) in [6, 6.07) is 5.25. The van der Waals surface area contributed by atoms with Gasteiger partial charge in [-0.15, -0.1) is 13.2 Å². The summed E-state index contributed by atoms with van der Waals surface area (Å²) in [4.78, 5) is 0. The van der Waals surface area contributed by atoms with Gasteiger partial charge in [-0.1, -0.05) is 27.4 Å². The molecule has 3 nitrogen and oxygen atoms in total. The number of hydrogen-bond acceptors (Lipinski definition) is 3. The maximum Gasteiger partial charge on any atom is 0.573 e. The van der Waals surface area contributed by atoms with Crippen molar-refractivity contribution in [2.45, 2.75) is 45.3 Å². The van der Waals surface area contributed by atoms with Crippen molar-refractivity contribution in [1.82, 2.24) is 0 Å². The van der Waals surface area contributed by atoms with Crippen LogP contribution in [0.2, 0.25) is 18.1 Å². The van der Waals surface area contributed by atoms with E-state index in [1.165, 1.54) is 24.3 Å². The minimum absolute atomic E-state index is 0.114. The molecule has 1 aromatic carbocycles. The molecule has 136 valence electrons. The van der Waals surface area contributed by atoms with E-state index in [1.807, 2.05) is 0 Å². The van der Waals surface area contributed by atoms with Crippen LogP contribution < -0.4 is 9.47 Å². The predicted octanol–water partition coefficient (Wildman–Crippen LogP) is 5.54. The second kappa shape index (κ2) is 7.61. The highest BCUT2D eigenvalue weighted by Crippen LogP contribution is 2.36. The monoisotopic (exact) mass is 362 g/mol.